The van der Waals surface area contributed by atoms with Crippen LogP contribution in [0.2, 0.25) is 0 Å². The molecule has 8 heteroatoms. The SMILES string of the molecule is O=C(c1ccc(=O)[nH]n1)N1CCN(C(=O)c2ccccc2F)CC1. The standard InChI is InChI=1S/C16H15FN4O3/c17-12-4-2-1-3-11(12)15(23)20-7-9-21(10-8-20)16(24)13-5-6-14(22)19-18-13/h1-6H,7-10H2,(H,19,22). The lowest BCUT2D eigenvalue weighted by atomic mass is 10.1. The molecule has 0 spiro atoms. The fourth-order valence-corrected chi connectivity index (χ4v) is 2.54. The highest BCUT2D eigenvalue weighted by atomic mass is 19.1. The number of nitrogens with one attached hydrogen (secondary N) is 1. The molecule has 2 aromatic rings. The van der Waals surface area contributed by atoms with E-state index in [0.717, 1.165) is 0 Å². The highest BCUT2D eigenvalue weighted by Gasteiger charge is 2.27. The van der Waals surface area contributed by atoms with Crippen molar-refractivity contribution in [2.45, 2.75) is 0 Å². The molecule has 0 bridgehead atoms. The number of rotatable bonds is 2. The normalized spacial score (nSPS) is 14.5. The highest BCUT2D eigenvalue weighted by Crippen LogP contribution is 2.13. The second-order valence-corrected chi connectivity index (χ2v) is 5.37. The van der Waals surface area contributed by atoms with Crippen LogP contribution >= 0.6 is 0 Å². The zero-order valence-electron chi connectivity index (χ0n) is 12.7. The fourth-order valence-electron chi connectivity index (χ4n) is 2.54. The van der Waals surface area contributed by atoms with Crippen LogP contribution in [0.15, 0.2) is 41.2 Å². The number of aromatic amines is 1. The number of aromatic nitrogens is 2. The zero-order chi connectivity index (χ0) is 17.1. The van der Waals surface area contributed by atoms with Gasteiger partial charge in [0, 0.05) is 32.2 Å². The minimum absolute atomic E-state index is 0.0274. The largest absolute Gasteiger partial charge is 0.335 e. The van der Waals surface area contributed by atoms with E-state index >= 15 is 0 Å². The van der Waals surface area contributed by atoms with Crippen LogP contribution in [-0.4, -0.2) is 58.0 Å². The van der Waals surface area contributed by atoms with Crippen molar-refractivity contribution in [1.29, 1.82) is 0 Å². The average molecular weight is 330 g/mol. The maximum atomic E-state index is 13.7. The van der Waals surface area contributed by atoms with Gasteiger partial charge in [-0.05, 0) is 18.2 Å². The maximum absolute atomic E-state index is 13.7. The van der Waals surface area contributed by atoms with Crippen molar-refractivity contribution < 1.29 is 14.0 Å². The molecule has 1 aromatic heterocycles. The first-order chi connectivity index (χ1) is 11.6. The Morgan fingerprint density at radius 2 is 1.58 bits per heavy atom. The van der Waals surface area contributed by atoms with Gasteiger partial charge in [-0.3, -0.25) is 14.4 Å². The molecular formula is C16H15FN4O3. The van der Waals surface area contributed by atoms with E-state index in [-0.39, 0.29) is 28.6 Å². The van der Waals surface area contributed by atoms with Gasteiger partial charge in [-0.2, -0.15) is 5.10 Å². The topological polar surface area (TPSA) is 86.4 Å². The van der Waals surface area contributed by atoms with Gasteiger partial charge >= 0.3 is 0 Å². The molecule has 1 aromatic carbocycles. The summed E-state index contributed by atoms with van der Waals surface area (Å²) in [4.78, 5) is 38.7. The number of carbonyl (C=O) groups is 2. The van der Waals surface area contributed by atoms with Gasteiger partial charge in [0.1, 0.15) is 11.5 Å². The van der Waals surface area contributed by atoms with Crippen LogP contribution in [0.25, 0.3) is 0 Å². The molecular weight excluding hydrogens is 315 g/mol. The summed E-state index contributed by atoms with van der Waals surface area (Å²) in [5.74, 6) is -1.26. The second kappa shape index (κ2) is 6.61. The Balaban J connectivity index is 1.64. The van der Waals surface area contributed by atoms with E-state index in [1.54, 1.807) is 11.0 Å². The molecule has 0 unspecified atom stereocenters. The summed E-state index contributed by atoms with van der Waals surface area (Å²) in [6.07, 6.45) is 0. The molecule has 0 aliphatic carbocycles. The molecule has 1 saturated heterocycles. The van der Waals surface area contributed by atoms with Crippen LogP contribution in [0.3, 0.4) is 0 Å². The van der Waals surface area contributed by atoms with Gasteiger partial charge in [-0.15, -0.1) is 0 Å². The molecule has 124 valence electrons. The molecule has 1 N–H and O–H groups in total. The lowest BCUT2D eigenvalue weighted by Gasteiger charge is -2.34. The van der Waals surface area contributed by atoms with Crippen LogP contribution in [-0.2, 0) is 0 Å². The second-order valence-electron chi connectivity index (χ2n) is 5.37. The van der Waals surface area contributed by atoms with Crippen molar-refractivity contribution in [3.05, 3.63) is 63.8 Å². The van der Waals surface area contributed by atoms with Crippen LogP contribution in [0.1, 0.15) is 20.8 Å². The van der Waals surface area contributed by atoms with Gasteiger partial charge in [0.15, 0.2) is 0 Å². The fraction of sp³-hybridized carbons (Fsp3) is 0.250. The summed E-state index contributed by atoms with van der Waals surface area (Å²) in [7, 11) is 0. The minimum atomic E-state index is -0.557. The van der Waals surface area contributed by atoms with E-state index in [1.807, 2.05) is 0 Å². The van der Waals surface area contributed by atoms with Gasteiger partial charge in [0.25, 0.3) is 17.4 Å². The molecule has 2 amide bonds. The van der Waals surface area contributed by atoms with Crippen LogP contribution < -0.4 is 5.56 Å². The van der Waals surface area contributed by atoms with E-state index in [9.17, 15) is 18.8 Å². The van der Waals surface area contributed by atoms with E-state index < -0.39 is 5.82 Å². The number of hydrogen-bond donors (Lipinski definition) is 1. The summed E-state index contributed by atoms with van der Waals surface area (Å²) >= 11 is 0. The predicted molar refractivity (Wildman–Crippen MR) is 83.1 cm³/mol. The van der Waals surface area contributed by atoms with Crippen LogP contribution in [0, 0.1) is 5.82 Å². The quantitative estimate of drug-likeness (QED) is 0.869. The third-order valence-electron chi connectivity index (χ3n) is 3.86. The highest BCUT2D eigenvalue weighted by molar-refractivity contribution is 5.95. The molecule has 3 rings (SSSR count). The minimum Gasteiger partial charge on any atom is -0.335 e. The first-order valence-corrected chi connectivity index (χ1v) is 7.45. The zero-order valence-corrected chi connectivity index (χ0v) is 12.7. The van der Waals surface area contributed by atoms with Crippen molar-refractivity contribution in [1.82, 2.24) is 20.0 Å². The lowest BCUT2D eigenvalue weighted by molar-refractivity contribution is 0.0529. The molecule has 24 heavy (non-hydrogen) atoms. The molecule has 0 saturated carbocycles. The lowest BCUT2D eigenvalue weighted by Crippen LogP contribution is -2.51. The summed E-state index contributed by atoms with van der Waals surface area (Å²) < 4.78 is 13.7. The van der Waals surface area contributed by atoms with E-state index in [0.29, 0.717) is 26.2 Å². The number of halogens is 1. The van der Waals surface area contributed by atoms with Crippen molar-refractivity contribution in [2.75, 3.05) is 26.2 Å². The Labute approximate surface area is 136 Å². The third-order valence-corrected chi connectivity index (χ3v) is 3.86. The number of hydrogen-bond acceptors (Lipinski definition) is 4. The monoisotopic (exact) mass is 330 g/mol. The van der Waals surface area contributed by atoms with Gasteiger partial charge in [0.2, 0.25) is 0 Å². The Morgan fingerprint density at radius 1 is 0.958 bits per heavy atom. The number of benzene rings is 1. The van der Waals surface area contributed by atoms with E-state index in [1.165, 1.54) is 35.2 Å². The molecule has 1 fully saturated rings. The third kappa shape index (κ3) is 3.17. The van der Waals surface area contributed by atoms with Gasteiger partial charge in [-0.25, -0.2) is 9.49 Å². The van der Waals surface area contributed by atoms with E-state index in [4.69, 9.17) is 0 Å². The number of piperazine rings is 1. The number of carbonyl (C=O) groups excluding carboxylic acids is 2. The first-order valence-electron chi connectivity index (χ1n) is 7.45. The van der Waals surface area contributed by atoms with Crippen molar-refractivity contribution in [3.8, 4) is 0 Å². The van der Waals surface area contributed by atoms with Gasteiger partial charge < -0.3 is 9.80 Å². The van der Waals surface area contributed by atoms with Gasteiger partial charge in [-0.1, -0.05) is 12.1 Å². The molecule has 2 heterocycles. The average Bonchev–Trinajstić information content (AvgIpc) is 2.62. The van der Waals surface area contributed by atoms with Crippen molar-refractivity contribution in [3.63, 3.8) is 0 Å². The molecule has 7 nitrogen and oxygen atoms in total. The molecule has 0 atom stereocenters. The Morgan fingerprint density at radius 3 is 2.17 bits per heavy atom. The summed E-state index contributed by atoms with van der Waals surface area (Å²) in [6, 6.07) is 8.42. The maximum Gasteiger partial charge on any atom is 0.274 e. The number of amides is 2. The smallest absolute Gasteiger partial charge is 0.274 e. The molecule has 0 radical (unpaired) electrons. The van der Waals surface area contributed by atoms with Crippen LogP contribution in [0.5, 0.6) is 0 Å². The van der Waals surface area contributed by atoms with Crippen molar-refractivity contribution in [2.24, 2.45) is 0 Å². The van der Waals surface area contributed by atoms with Gasteiger partial charge in [0.05, 0.1) is 5.56 Å². The van der Waals surface area contributed by atoms with Crippen LogP contribution in [0.4, 0.5) is 4.39 Å². The Hall–Kier alpha value is -3.03. The Kier molecular flexibility index (Phi) is 4.37. The Bertz CT molecular complexity index is 808. The predicted octanol–water partition coefficient (Wildman–Crippen LogP) is 0.507. The summed E-state index contributed by atoms with van der Waals surface area (Å²) in [5.41, 5.74) is -0.213. The summed E-state index contributed by atoms with van der Waals surface area (Å²) in [6.45, 7) is 1.25. The van der Waals surface area contributed by atoms with E-state index in [2.05, 4.69) is 10.2 Å². The molecule has 1 aliphatic rings. The number of nitrogens with zero attached hydrogens (tertiary/aromatic N) is 3. The first kappa shape index (κ1) is 15.9. The van der Waals surface area contributed by atoms with Crippen molar-refractivity contribution >= 4 is 11.8 Å². The molecule has 1 aliphatic heterocycles. The number of H-pyrrole nitrogens is 1. The summed E-state index contributed by atoms with van der Waals surface area (Å²) in [5, 5.41) is 5.92.